The summed E-state index contributed by atoms with van der Waals surface area (Å²) in [5.41, 5.74) is 1.26. The standard InChI is InChI=1S/C17H28N2O3S/c1-12-18-15-6-3-7-16(17(15)23-12)19(2)9-13(20)10-21-11-14-5-4-8-22-14/h13-14,16,20H,3-11H2,1-2H3. The number of aliphatic hydroxyl groups is 1. The normalized spacial score (nSPS) is 25.7. The van der Waals surface area contributed by atoms with Crippen molar-refractivity contribution in [3.8, 4) is 0 Å². The average molecular weight is 340 g/mol. The van der Waals surface area contributed by atoms with Gasteiger partial charge in [0.1, 0.15) is 0 Å². The number of fused-ring (bicyclic) bond motifs is 1. The van der Waals surface area contributed by atoms with Crippen LogP contribution in [0.25, 0.3) is 0 Å². The molecule has 3 atom stereocenters. The molecule has 130 valence electrons. The van der Waals surface area contributed by atoms with Crippen LogP contribution in [0.4, 0.5) is 0 Å². The van der Waals surface area contributed by atoms with Crippen molar-refractivity contribution in [2.24, 2.45) is 0 Å². The van der Waals surface area contributed by atoms with E-state index in [0.717, 1.165) is 37.3 Å². The van der Waals surface area contributed by atoms with Crippen LogP contribution in [0.5, 0.6) is 0 Å². The Balaban J connectivity index is 1.45. The first kappa shape index (κ1) is 17.3. The molecule has 0 aromatic carbocycles. The summed E-state index contributed by atoms with van der Waals surface area (Å²) in [5, 5.41) is 11.4. The smallest absolute Gasteiger partial charge is 0.0900 e. The maximum atomic E-state index is 10.3. The van der Waals surface area contributed by atoms with Crippen LogP contribution in [-0.4, -0.2) is 60.6 Å². The van der Waals surface area contributed by atoms with E-state index in [4.69, 9.17) is 9.47 Å². The number of aryl methyl sites for hydroxylation is 2. The highest BCUT2D eigenvalue weighted by atomic mass is 32.1. The van der Waals surface area contributed by atoms with E-state index < -0.39 is 6.10 Å². The van der Waals surface area contributed by atoms with Crippen molar-refractivity contribution >= 4 is 11.3 Å². The molecule has 3 unspecified atom stereocenters. The summed E-state index contributed by atoms with van der Waals surface area (Å²) in [6, 6.07) is 0.387. The second kappa shape index (κ2) is 8.03. The minimum atomic E-state index is -0.458. The molecule has 1 aromatic rings. The number of likely N-dealkylation sites (N-methyl/N-ethyl adjacent to an activating group) is 1. The average Bonchev–Trinajstić information content (AvgIpc) is 3.14. The van der Waals surface area contributed by atoms with Gasteiger partial charge in [0.2, 0.25) is 0 Å². The fraction of sp³-hybridized carbons (Fsp3) is 0.824. The molecule has 0 saturated carbocycles. The predicted molar refractivity (Wildman–Crippen MR) is 91.0 cm³/mol. The maximum Gasteiger partial charge on any atom is 0.0900 e. The molecule has 0 radical (unpaired) electrons. The van der Waals surface area contributed by atoms with Gasteiger partial charge in [-0.25, -0.2) is 4.98 Å². The minimum Gasteiger partial charge on any atom is -0.389 e. The SMILES string of the molecule is Cc1nc2c(s1)C(N(C)CC(O)COCC1CCCO1)CCC2. The highest BCUT2D eigenvalue weighted by Gasteiger charge is 2.28. The van der Waals surface area contributed by atoms with Crippen LogP contribution < -0.4 is 0 Å². The summed E-state index contributed by atoms with van der Waals surface area (Å²) in [5.74, 6) is 0. The Morgan fingerprint density at radius 1 is 1.43 bits per heavy atom. The second-order valence-corrected chi connectivity index (χ2v) is 7.95. The molecule has 1 aromatic heterocycles. The first-order valence-electron chi connectivity index (χ1n) is 8.67. The molecule has 5 nitrogen and oxygen atoms in total. The van der Waals surface area contributed by atoms with Crippen LogP contribution in [0, 0.1) is 6.92 Å². The molecule has 1 aliphatic carbocycles. The van der Waals surface area contributed by atoms with Crippen LogP contribution in [-0.2, 0) is 15.9 Å². The van der Waals surface area contributed by atoms with Crippen molar-refractivity contribution < 1.29 is 14.6 Å². The van der Waals surface area contributed by atoms with Crippen LogP contribution in [0.1, 0.15) is 47.3 Å². The van der Waals surface area contributed by atoms with Crippen molar-refractivity contribution in [2.45, 2.75) is 57.3 Å². The third kappa shape index (κ3) is 4.51. The maximum absolute atomic E-state index is 10.3. The van der Waals surface area contributed by atoms with E-state index in [-0.39, 0.29) is 6.10 Å². The molecule has 6 heteroatoms. The lowest BCUT2D eigenvalue weighted by atomic mass is 9.97. The molecular weight excluding hydrogens is 312 g/mol. The summed E-state index contributed by atoms with van der Waals surface area (Å²) in [6.45, 7) is 4.53. The van der Waals surface area contributed by atoms with Gasteiger partial charge in [0.15, 0.2) is 0 Å². The number of thiazole rings is 1. The third-order valence-corrected chi connectivity index (χ3v) is 5.81. The summed E-state index contributed by atoms with van der Waals surface area (Å²) in [7, 11) is 2.10. The van der Waals surface area contributed by atoms with Crippen molar-refractivity contribution in [3.05, 3.63) is 15.6 Å². The van der Waals surface area contributed by atoms with Gasteiger partial charge in [-0.1, -0.05) is 0 Å². The summed E-state index contributed by atoms with van der Waals surface area (Å²) in [6.07, 6.45) is 5.38. The number of ether oxygens (including phenoxy) is 2. The zero-order valence-corrected chi connectivity index (χ0v) is 15.0. The highest BCUT2D eigenvalue weighted by molar-refractivity contribution is 7.11. The topological polar surface area (TPSA) is 54.8 Å². The first-order chi connectivity index (χ1) is 11.1. The molecule has 2 heterocycles. The fourth-order valence-corrected chi connectivity index (χ4v) is 4.74. The number of rotatable bonds is 7. The lowest BCUT2D eigenvalue weighted by molar-refractivity contribution is -0.0266. The van der Waals surface area contributed by atoms with Gasteiger partial charge >= 0.3 is 0 Å². The molecular formula is C17H28N2O3S. The Labute approximate surface area is 142 Å². The number of hydrogen-bond donors (Lipinski definition) is 1. The summed E-state index contributed by atoms with van der Waals surface area (Å²) < 4.78 is 11.2. The third-order valence-electron chi connectivity index (χ3n) is 4.70. The quantitative estimate of drug-likeness (QED) is 0.825. The monoisotopic (exact) mass is 340 g/mol. The molecule has 0 spiro atoms. The number of nitrogens with zero attached hydrogens (tertiary/aromatic N) is 2. The van der Waals surface area contributed by atoms with Crippen molar-refractivity contribution in [2.75, 3.05) is 33.4 Å². The predicted octanol–water partition coefficient (Wildman–Crippen LogP) is 2.32. The number of aromatic nitrogens is 1. The van der Waals surface area contributed by atoms with Crippen LogP contribution >= 0.6 is 11.3 Å². The molecule has 1 N–H and O–H groups in total. The van der Waals surface area contributed by atoms with Gasteiger partial charge in [0, 0.05) is 24.1 Å². The lowest BCUT2D eigenvalue weighted by Crippen LogP contribution is -2.36. The molecule has 23 heavy (non-hydrogen) atoms. The summed E-state index contributed by atoms with van der Waals surface area (Å²) in [4.78, 5) is 8.30. The zero-order chi connectivity index (χ0) is 16.2. The van der Waals surface area contributed by atoms with Gasteiger partial charge in [0.25, 0.3) is 0 Å². The van der Waals surface area contributed by atoms with Gasteiger partial charge in [-0.15, -0.1) is 11.3 Å². The van der Waals surface area contributed by atoms with Crippen LogP contribution in [0.2, 0.25) is 0 Å². The van der Waals surface area contributed by atoms with Gasteiger partial charge in [-0.2, -0.15) is 0 Å². The molecule has 2 aliphatic rings. The van der Waals surface area contributed by atoms with Gasteiger partial charge in [-0.05, 0) is 46.1 Å². The van der Waals surface area contributed by atoms with Gasteiger partial charge in [-0.3, -0.25) is 4.90 Å². The van der Waals surface area contributed by atoms with Crippen LogP contribution in [0.15, 0.2) is 0 Å². The second-order valence-electron chi connectivity index (χ2n) is 6.72. The number of hydrogen-bond acceptors (Lipinski definition) is 6. The highest BCUT2D eigenvalue weighted by Crippen LogP contribution is 2.37. The Bertz CT molecular complexity index is 502. The van der Waals surface area contributed by atoms with Gasteiger partial charge < -0.3 is 14.6 Å². The van der Waals surface area contributed by atoms with E-state index in [1.54, 1.807) is 11.3 Å². The Kier molecular flexibility index (Phi) is 6.04. The minimum absolute atomic E-state index is 0.223. The summed E-state index contributed by atoms with van der Waals surface area (Å²) >= 11 is 1.81. The van der Waals surface area contributed by atoms with E-state index in [1.165, 1.54) is 17.0 Å². The van der Waals surface area contributed by atoms with Gasteiger partial charge in [0.05, 0.1) is 36.1 Å². The Morgan fingerprint density at radius 3 is 3.09 bits per heavy atom. The van der Waals surface area contributed by atoms with E-state index >= 15 is 0 Å². The molecule has 1 saturated heterocycles. The van der Waals surface area contributed by atoms with E-state index in [9.17, 15) is 5.11 Å². The number of aliphatic hydroxyl groups excluding tert-OH is 1. The molecule has 1 aliphatic heterocycles. The fourth-order valence-electron chi connectivity index (χ4n) is 3.56. The van der Waals surface area contributed by atoms with E-state index in [1.807, 2.05) is 0 Å². The largest absolute Gasteiger partial charge is 0.389 e. The van der Waals surface area contributed by atoms with E-state index in [2.05, 4.69) is 23.9 Å². The Hall–Kier alpha value is -0.530. The van der Waals surface area contributed by atoms with Crippen molar-refractivity contribution in [1.29, 1.82) is 0 Å². The lowest BCUT2D eigenvalue weighted by Gasteiger charge is -2.32. The molecule has 1 fully saturated rings. The van der Waals surface area contributed by atoms with Crippen molar-refractivity contribution in [3.63, 3.8) is 0 Å². The van der Waals surface area contributed by atoms with Crippen molar-refractivity contribution in [1.82, 2.24) is 9.88 Å². The Morgan fingerprint density at radius 2 is 2.30 bits per heavy atom. The first-order valence-corrected chi connectivity index (χ1v) is 9.49. The van der Waals surface area contributed by atoms with E-state index in [0.29, 0.717) is 25.8 Å². The molecule has 0 amide bonds. The van der Waals surface area contributed by atoms with Crippen LogP contribution in [0.3, 0.4) is 0 Å². The zero-order valence-electron chi connectivity index (χ0n) is 14.2. The molecule has 3 rings (SSSR count). The molecule has 0 bridgehead atoms.